The summed E-state index contributed by atoms with van der Waals surface area (Å²) in [5.74, 6) is -5.10. The lowest BCUT2D eigenvalue weighted by molar-refractivity contribution is -0.184. The summed E-state index contributed by atoms with van der Waals surface area (Å²) in [4.78, 5) is 92.3. The van der Waals surface area contributed by atoms with Crippen molar-refractivity contribution in [2.24, 2.45) is 78.8 Å². The van der Waals surface area contributed by atoms with Crippen LogP contribution in [0.3, 0.4) is 0 Å². The Hall–Kier alpha value is -3.83. The number of hydrogen-bond donors (Lipinski definition) is 7. The SMILES string of the molecule is CC(=O)OC(C)(C)/C=C/C(=O)[C@@](C)(O)[C@H]1[C@@H](O)C[C@@]2(C)[C@@H]3CC=C4[C@@H](C[C@H](O)C(=O)C4(C)C)[C@]3(C)C(=O)C[C@]12C.CC(C)(O)/C=C/C(=O)[C@@](C)(O)[C@H]1[C@@H](O)C[C@@]2(C)[C@@H]3CC=C4[C@@H](C[C@H](O)C(=O)C4(C)C)[C@]3(C)C(=O)C[C@]12C. The van der Waals surface area contributed by atoms with Gasteiger partial charge in [-0.25, -0.2) is 0 Å². The van der Waals surface area contributed by atoms with Crippen molar-refractivity contribution in [2.75, 3.05) is 0 Å². The highest BCUT2D eigenvalue weighted by Crippen LogP contribution is 2.76. The predicted molar refractivity (Wildman–Crippen MR) is 286 cm³/mol. The minimum Gasteiger partial charge on any atom is -0.456 e. The maximum Gasteiger partial charge on any atom is 0.303 e. The van der Waals surface area contributed by atoms with Crippen molar-refractivity contribution in [2.45, 2.75) is 216 Å². The van der Waals surface area contributed by atoms with Gasteiger partial charge in [-0.1, -0.05) is 70.9 Å². The highest BCUT2D eigenvalue weighted by atomic mass is 16.6. The molecule has 15 nitrogen and oxygen atoms in total. The van der Waals surface area contributed by atoms with Crippen LogP contribution in [0.5, 0.6) is 0 Å². The van der Waals surface area contributed by atoms with E-state index < -0.39 is 120 Å². The number of rotatable bonds is 9. The van der Waals surface area contributed by atoms with Crippen LogP contribution in [0.2, 0.25) is 0 Å². The first-order valence-corrected chi connectivity index (χ1v) is 27.9. The van der Waals surface area contributed by atoms with Crippen LogP contribution in [-0.2, 0) is 38.3 Å². The van der Waals surface area contributed by atoms with Crippen molar-refractivity contribution in [1.82, 2.24) is 0 Å². The summed E-state index contributed by atoms with van der Waals surface area (Å²) in [6, 6.07) is 0. The lowest BCUT2D eigenvalue weighted by Crippen LogP contribution is -2.65. The largest absolute Gasteiger partial charge is 0.456 e. The fourth-order valence-electron chi connectivity index (χ4n) is 18.4. The maximum absolute atomic E-state index is 14.3. The van der Waals surface area contributed by atoms with Gasteiger partial charge in [-0.2, -0.15) is 0 Å². The summed E-state index contributed by atoms with van der Waals surface area (Å²) in [5.41, 5.74) is -10.9. The summed E-state index contributed by atoms with van der Waals surface area (Å²) < 4.78 is 5.23. The Morgan fingerprint density at radius 1 is 0.558 bits per heavy atom. The molecule has 0 unspecified atom stereocenters. The van der Waals surface area contributed by atoms with Gasteiger partial charge in [0.1, 0.15) is 40.6 Å². The summed E-state index contributed by atoms with van der Waals surface area (Å²) in [6.07, 6.45) is 7.10. The molecule has 0 spiro atoms. The van der Waals surface area contributed by atoms with Crippen molar-refractivity contribution in [3.05, 3.63) is 47.6 Å². The van der Waals surface area contributed by atoms with E-state index in [-0.39, 0.29) is 72.5 Å². The molecule has 0 aromatic heterocycles. The number of esters is 1. The minimum atomic E-state index is -1.99. The number of aliphatic hydroxyl groups is 7. The fourth-order valence-corrected chi connectivity index (χ4v) is 18.4. The molecular weight excluding hydrogens is 985 g/mol. The molecule has 6 saturated carbocycles. The molecule has 8 aliphatic rings. The molecule has 0 amide bonds. The molecule has 0 saturated heterocycles. The standard InChI is InChI=1S/C32H46O8.C30H44O7/c1-17(33)40-27(2,3)13-12-23(36)32(9,39)25-21(35)15-29(6)22-11-10-18-19(14-20(34)26(38)28(18,4)5)31(22,8)24(37)16-30(25,29)7;1-25(2,36)12-11-21(33)30(8,37)23-19(32)14-27(5)20-10-9-16-17(13-18(31)24(35)26(16,3)4)29(20,7)22(34)15-28(23,27)6/h10,12-13,19-22,25,34-35,39H,11,14-16H2,1-9H3;9,11-12,17-20,23,31-32,36-37H,10,13-15H2,1-8H3/b13-12+;12-11+/t19-,20+,21+,22+,25+,29+,30-,31+,32-;17-,18+,19+,20+,23+,27+,28-,29+,30-/m11/s1. The zero-order valence-corrected chi connectivity index (χ0v) is 48.8. The number of Topliss-reactive ketones (excluding diaryl/α,β-unsaturated/α-hetero) is 4. The molecule has 0 radical (unpaired) electrons. The van der Waals surface area contributed by atoms with Crippen molar-refractivity contribution in [3.8, 4) is 0 Å². The lowest BCUT2D eigenvalue weighted by Gasteiger charge is -2.64. The average molecular weight is 1080 g/mol. The quantitative estimate of drug-likeness (QED) is 0.0745. The van der Waals surface area contributed by atoms with Crippen LogP contribution in [0.4, 0.5) is 0 Å². The molecule has 0 aliphatic heterocycles. The van der Waals surface area contributed by atoms with Gasteiger partial charge in [-0.3, -0.25) is 33.6 Å². The van der Waals surface area contributed by atoms with Crippen molar-refractivity contribution >= 4 is 40.7 Å². The Balaban J connectivity index is 0.000000224. The second kappa shape index (κ2) is 18.6. The maximum atomic E-state index is 14.3. The highest BCUT2D eigenvalue weighted by molar-refractivity contribution is 5.99. The van der Waals surface area contributed by atoms with Crippen LogP contribution in [0, 0.1) is 78.8 Å². The third-order valence-electron chi connectivity index (χ3n) is 22.7. The first-order chi connectivity index (χ1) is 34.7. The van der Waals surface area contributed by atoms with E-state index in [1.807, 2.05) is 55.4 Å². The number of ketones is 6. The first-order valence-electron chi connectivity index (χ1n) is 27.9. The Morgan fingerprint density at radius 3 is 1.22 bits per heavy atom. The van der Waals surface area contributed by atoms with E-state index in [4.69, 9.17) is 4.74 Å². The summed E-state index contributed by atoms with van der Waals surface area (Å²) in [6.45, 7) is 29.5. The normalized spacial score (nSPS) is 43.7. The number of hydrogen-bond acceptors (Lipinski definition) is 15. The van der Waals surface area contributed by atoms with Crippen LogP contribution < -0.4 is 0 Å². The van der Waals surface area contributed by atoms with Crippen LogP contribution in [-0.4, -0.2) is 123 Å². The van der Waals surface area contributed by atoms with Crippen LogP contribution >= 0.6 is 0 Å². The van der Waals surface area contributed by atoms with Crippen molar-refractivity contribution < 1.29 is 74.0 Å². The first kappa shape index (κ1) is 60.8. The van der Waals surface area contributed by atoms with Crippen LogP contribution in [0.15, 0.2) is 47.6 Å². The van der Waals surface area contributed by atoms with Crippen molar-refractivity contribution in [1.29, 1.82) is 0 Å². The van der Waals surface area contributed by atoms with Gasteiger partial charge in [-0.15, -0.1) is 0 Å². The second-order valence-corrected chi connectivity index (χ2v) is 29.0. The molecule has 77 heavy (non-hydrogen) atoms. The number of carbonyl (C=O) groups is 7. The van der Waals surface area contributed by atoms with E-state index in [0.717, 1.165) is 11.1 Å². The molecule has 8 rings (SSSR count). The third-order valence-corrected chi connectivity index (χ3v) is 22.7. The molecule has 6 fully saturated rings. The molecular formula is C62H90O15. The summed E-state index contributed by atoms with van der Waals surface area (Å²) in [5, 5.41) is 77.7. The van der Waals surface area contributed by atoms with Gasteiger partial charge >= 0.3 is 5.97 Å². The van der Waals surface area contributed by atoms with Crippen LogP contribution in [0.25, 0.3) is 0 Å². The number of fused-ring (bicyclic) bond motifs is 10. The van der Waals surface area contributed by atoms with Gasteiger partial charge in [0.15, 0.2) is 23.1 Å². The number of ether oxygens (including phenoxy) is 1. The number of aliphatic hydroxyl groups excluding tert-OH is 4. The van der Waals surface area contributed by atoms with Gasteiger partial charge in [0, 0.05) is 53.3 Å². The Kier molecular flexibility index (Phi) is 14.7. The molecule has 18 atom stereocenters. The summed E-state index contributed by atoms with van der Waals surface area (Å²) >= 11 is 0. The lowest BCUT2D eigenvalue weighted by atomic mass is 9.38. The molecule has 0 aromatic rings. The zero-order valence-electron chi connectivity index (χ0n) is 48.8. The monoisotopic (exact) mass is 1070 g/mol. The number of allylic oxidation sites excluding steroid dienone is 4. The van der Waals surface area contributed by atoms with Gasteiger partial charge < -0.3 is 40.5 Å². The fraction of sp³-hybridized carbons (Fsp3) is 0.758. The molecule has 0 heterocycles. The smallest absolute Gasteiger partial charge is 0.303 e. The average Bonchev–Trinajstić information content (AvgIpc) is 3.62. The molecule has 15 heteroatoms. The Bertz CT molecular complexity index is 2660. The van der Waals surface area contributed by atoms with Gasteiger partial charge in [0.05, 0.1) is 17.8 Å². The summed E-state index contributed by atoms with van der Waals surface area (Å²) in [7, 11) is 0. The predicted octanol–water partition coefficient (Wildman–Crippen LogP) is 6.43. The minimum absolute atomic E-state index is 0.0141. The number of carbonyl (C=O) groups excluding carboxylic acids is 7. The topological polar surface area (TPSA) is 270 Å². The van der Waals surface area contributed by atoms with E-state index >= 15 is 0 Å². The van der Waals surface area contributed by atoms with E-state index in [2.05, 4.69) is 26.0 Å². The van der Waals surface area contributed by atoms with Crippen LogP contribution in [0.1, 0.15) is 169 Å². The second-order valence-electron chi connectivity index (χ2n) is 29.0. The van der Waals surface area contributed by atoms with E-state index in [0.29, 0.717) is 25.7 Å². The van der Waals surface area contributed by atoms with Gasteiger partial charge in [-0.05, 0) is 171 Å². The molecule has 8 aliphatic carbocycles. The molecule has 0 aromatic carbocycles. The van der Waals surface area contributed by atoms with Gasteiger partial charge in [0.25, 0.3) is 0 Å². The molecule has 0 bridgehead atoms. The Morgan fingerprint density at radius 2 is 0.896 bits per heavy atom. The third kappa shape index (κ3) is 8.78. The van der Waals surface area contributed by atoms with E-state index in [1.54, 1.807) is 13.8 Å². The van der Waals surface area contributed by atoms with Crippen molar-refractivity contribution in [3.63, 3.8) is 0 Å². The molecule has 428 valence electrons. The Labute approximate surface area is 455 Å². The van der Waals surface area contributed by atoms with Gasteiger partial charge in [0.2, 0.25) is 0 Å². The highest BCUT2D eigenvalue weighted by Gasteiger charge is 2.76. The van der Waals surface area contributed by atoms with E-state index in [1.165, 1.54) is 58.9 Å². The zero-order chi connectivity index (χ0) is 58.6. The van der Waals surface area contributed by atoms with E-state index in [9.17, 15) is 69.3 Å². The molecule has 7 N–H and O–H groups in total.